The Bertz CT molecular complexity index is 557. The molecule has 0 amide bonds. The van der Waals surface area contributed by atoms with Gasteiger partial charge in [0.2, 0.25) is 0 Å². The second-order valence-corrected chi connectivity index (χ2v) is 4.51. The van der Waals surface area contributed by atoms with Crippen molar-refractivity contribution in [1.29, 1.82) is 5.26 Å². The highest BCUT2D eigenvalue weighted by Gasteiger charge is 2.05. The van der Waals surface area contributed by atoms with Crippen LogP contribution in [-0.4, -0.2) is 9.78 Å². The highest BCUT2D eigenvalue weighted by molar-refractivity contribution is 9.10. The Labute approximate surface area is 106 Å². The van der Waals surface area contributed by atoms with Crippen molar-refractivity contribution < 1.29 is 0 Å². The first-order chi connectivity index (χ1) is 7.70. The second-order valence-electron chi connectivity index (χ2n) is 3.22. The lowest BCUT2D eigenvalue weighted by Crippen LogP contribution is -1.96. The van der Waals surface area contributed by atoms with Crippen LogP contribution in [0.5, 0.6) is 0 Å². The number of halogens is 2. The molecule has 0 unspecified atom stereocenters. The van der Waals surface area contributed by atoms with E-state index < -0.39 is 0 Å². The summed E-state index contributed by atoms with van der Waals surface area (Å²) in [4.78, 5) is 0. The van der Waals surface area contributed by atoms with E-state index in [1.165, 1.54) is 0 Å². The Morgan fingerprint density at radius 3 is 2.88 bits per heavy atom. The number of benzene rings is 1. The van der Waals surface area contributed by atoms with Gasteiger partial charge in [0.15, 0.2) is 0 Å². The molecule has 2 aromatic rings. The van der Waals surface area contributed by atoms with Crippen molar-refractivity contribution in [1.82, 2.24) is 9.78 Å². The van der Waals surface area contributed by atoms with Crippen LogP contribution < -0.4 is 0 Å². The molecule has 16 heavy (non-hydrogen) atoms. The standard InChI is InChI=1S/C11H7BrClN3/c12-10-5-8(3-4-14)1-2-11(10)16-7-9(13)6-15-16/h1-2,5-7H,3H2. The average Bonchev–Trinajstić information content (AvgIpc) is 2.65. The van der Waals surface area contributed by atoms with E-state index in [0.29, 0.717) is 11.4 Å². The number of hydrogen-bond donors (Lipinski definition) is 0. The van der Waals surface area contributed by atoms with Crippen molar-refractivity contribution >= 4 is 27.5 Å². The minimum absolute atomic E-state index is 0.402. The van der Waals surface area contributed by atoms with Crippen molar-refractivity contribution in [3.8, 4) is 11.8 Å². The molecule has 0 aliphatic rings. The molecular weight excluding hydrogens is 289 g/mol. The Hall–Kier alpha value is -1.31. The van der Waals surface area contributed by atoms with Gasteiger partial charge in [0.25, 0.3) is 0 Å². The van der Waals surface area contributed by atoms with Gasteiger partial charge in [-0.1, -0.05) is 17.7 Å². The number of hydrogen-bond acceptors (Lipinski definition) is 2. The molecule has 0 fully saturated rings. The molecule has 0 aliphatic heterocycles. The number of nitrogens with zero attached hydrogens (tertiary/aromatic N) is 3. The third-order valence-electron chi connectivity index (χ3n) is 2.09. The van der Waals surface area contributed by atoms with Crippen LogP contribution in [0.3, 0.4) is 0 Å². The van der Waals surface area contributed by atoms with Crippen LogP contribution in [0.4, 0.5) is 0 Å². The minimum Gasteiger partial charge on any atom is -0.238 e. The summed E-state index contributed by atoms with van der Waals surface area (Å²) in [7, 11) is 0. The molecule has 1 heterocycles. The predicted octanol–water partition coefficient (Wildman–Crippen LogP) is 3.35. The first-order valence-corrected chi connectivity index (χ1v) is 5.74. The summed E-state index contributed by atoms with van der Waals surface area (Å²) >= 11 is 9.25. The molecular formula is C11H7BrClN3. The lowest BCUT2D eigenvalue weighted by Gasteiger charge is -2.05. The van der Waals surface area contributed by atoms with Gasteiger partial charge in [-0.2, -0.15) is 10.4 Å². The van der Waals surface area contributed by atoms with Crippen LogP contribution in [0, 0.1) is 11.3 Å². The summed E-state index contributed by atoms with van der Waals surface area (Å²) in [5.41, 5.74) is 1.87. The molecule has 1 aromatic carbocycles. The monoisotopic (exact) mass is 295 g/mol. The molecule has 0 saturated carbocycles. The fraction of sp³-hybridized carbons (Fsp3) is 0.0909. The highest BCUT2D eigenvalue weighted by Crippen LogP contribution is 2.23. The van der Waals surface area contributed by atoms with E-state index in [1.54, 1.807) is 17.1 Å². The quantitative estimate of drug-likeness (QED) is 0.853. The normalized spacial score (nSPS) is 10.1. The van der Waals surface area contributed by atoms with Crippen molar-refractivity contribution in [3.05, 3.63) is 45.7 Å². The molecule has 3 nitrogen and oxygen atoms in total. The summed E-state index contributed by atoms with van der Waals surface area (Å²) < 4.78 is 2.57. The van der Waals surface area contributed by atoms with Gasteiger partial charge in [-0.15, -0.1) is 0 Å². The van der Waals surface area contributed by atoms with E-state index in [1.807, 2.05) is 18.2 Å². The molecule has 0 radical (unpaired) electrons. The maximum atomic E-state index is 8.60. The third kappa shape index (κ3) is 2.26. The van der Waals surface area contributed by atoms with Gasteiger partial charge in [-0.3, -0.25) is 0 Å². The molecule has 0 spiro atoms. The van der Waals surface area contributed by atoms with Crippen molar-refractivity contribution in [2.45, 2.75) is 6.42 Å². The van der Waals surface area contributed by atoms with E-state index in [4.69, 9.17) is 16.9 Å². The smallest absolute Gasteiger partial charge is 0.0790 e. The maximum Gasteiger partial charge on any atom is 0.0790 e. The van der Waals surface area contributed by atoms with Crippen molar-refractivity contribution in [2.75, 3.05) is 0 Å². The molecule has 1 aromatic heterocycles. The topological polar surface area (TPSA) is 41.6 Å². The zero-order valence-corrected chi connectivity index (χ0v) is 10.5. The molecule has 0 N–H and O–H groups in total. The fourth-order valence-electron chi connectivity index (χ4n) is 1.37. The van der Waals surface area contributed by atoms with Gasteiger partial charge in [-0.25, -0.2) is 4.68 Å². The minimum atomic E-state index is 0.402. The largest absolute Gasteiger partial charge is 0.238 e. The lowest BCUT2D eigenvalue weighted by atomic mass is 10.1. The average molecular weight is 297 g/mol. The first kappa shape index (κ1) is 11.2. The van der Waals surface area contributed by atoms with Crippen molar-refractivity contribution in [2.24, 2.45) is 0 Å². The maximum absolute atomic E-state index is 8.60. The molecule has 80 valence electrons. The second kappa shape index (κ2) is 4.69. The summed E-state index contributed by atoms with van der Waals surface area (Å²) in [6, 6.07) is 7.83. The van der Waals surface area contributed by atoms with E-state index in [9.17, 15) is 0 Å². The van der Waals surface area contributed by atoms with E-state index >= 15 is 0 Å². The van der Waals surface area contributed by atoms with E-state index in [-0.39, 0.29) is 0 Å². The van der Waals surface area contributed by atoms with Gasteiger partial charge < -0.3 is 0 Å². The molecule has 0 bridgehead atoms. The number of nitriles is 1. The van der Waals surface area contributed by atoms with E-state index in [2.05, 4.69) is 27.1 Å². The van der Waals surface area contributed by atoms with Crippen LogP contribution in [0.15, 0.2) is 35.1 Å². The van der Waals surface area contributed by atoms with Gasteiger partial charge in [0, 0.05) is 10.7 Å². The molecule has 0 aliphatic carbocycles. The highest BCUT2D eigenvalue weighted by atomic mass is 79.9. The van der Waals surface area contributed by atoms with Gasteiger partial charge >= 0.3 is 0 Å². The zero-order chi connectivity index (χ0) is 11.5. The van der Waals surface area contributed by atoms with Crippen LogP contribution in [0.1, 0.15) is 5.56 Å². The summed E-state index contributed by atoms with van der Waals surface area (Å²) in [5, 5.41) is 13.3. The molecule has 0 atom stereocenters. The third-order valence-corrected chi connectivity index (χ3v) is 2.92. The SMILES string of the molecule is N#CCc1ccc(-n2cc(Cl)cn2)c(Br)c1. The lowest BCUT2D eigenvalue weighted by molar-refractivity contribution is 0.875. The van der Waals surface area contributed by atoms with Crippen LogP contribution in [-0.2, 0) is 6.42 Å². The number of aromatic nitrogens is 2. The molecule has 2 rings (SSSR count). The summed E-state index contributed by atoms with van der Waals surface area (Å²) in [6.45, 7) is 0. The van der Waals surface area contributed by atoms with Crippen LogP contribution in [0.2, 0.25) is 5.02 Å². The van der Waals surface area contributed by atoms with Gasteiger partial charge in [-0.05, 0) is 33.6 Å². The zero-order valence-electron chi connectivity index (χ0n) is 8.19. The Morgan fingerprint density at radius 2 is 2.31 bits per heavy atom. The van der Waals surface area contributed by atoms with E-state index in [0.717, 1.165) is 15.7 Å². The van der Waals surface area contributed by atoms with Crippen molar-refractivity contribution in [3.63, 3.8) is 0 Å². The predicted molar refractivity (Wildman–Crippen MR) is 65.6 cm³/mol. The summed E-state index contributed by atoms with van der Waals surface area (Å²) in [6.07, 6.45) is 3.71. The summed E-state index contributed by atoms with van der Waals surface area (Å²) in [5.74, 6) is 0. The molecule has 0 saturated heterocycles. The van der Waals surface area contributed by atoms with Crippen LogP contribution >= 0.6 is 27.5 Å². The van der Waals surface area contributed by atoms with Crippen LogP contribution in [0.25, 0.3) is 5.69 Å². The van der Waals surface area contributed by atoms with Gasteiger partial charge in [0.1, 0.15) is 0 Å². The Morgan fingerprint density at radius 1 is 1.50 bits per heavy atom. The fourth-order valence-corrected chi connectivity index (χ4v) is 2.11. The number of rotatable bonds is 2. The van der Waals surface area contributed by atoms with Gasteiger partial charge in [0.05, 0.1) is 29.4 Å². The Kier molecular flexibility index (Phi) is 3.28. The Balaban J connectivity index is 2.40. The first-order valence-electron chi connectivity index (χ1n) is 4.56. The molecule has 5 heteroatoms.